The molecule has 0 fully saturated rings. The zero-order valence-electron chi connectivity index (χ0n) is 16.4. The third kappa shape index (κ3) is 9.51. The number of aliphatic hydroxyl groups is 1. The normalized spacial score (nSPS) is 13.5. The minimum atomic E-state index is -1.37. The molecule has 2 atom stereocenters. The number of nitrogens with one attached hydrogen (secondary N) is 2. The lowest BCUT2D eigenvalue weighted by Crippen LogP contribution is -2.52. The van der Waals surface area contributed by atoms with Crippen molar-refractivity contribution in [1.82, 2.24) is 10.9 Å². The van der Waals surface area contributed by atoms with E-state index in [1.165, 1.54) is 0 Å². The summed E-state index contributed by atoms with van der Waals surface area (Å²) in [5.41, 5.74) is 10.9. The molecule has 152 valence electrons. The van der Waals surface area contributed by atoms with Gasteiger partial charge in [0.1, 0.15) is 6.10 Å². The second kappa shape index (κ2) is 12.3. The van der Waals surface area contributed by atoms with E-state index in [4.69, 9.17) is 5.73 Å². The molecule has 1 rings (SSSR count). The predicted molar refractivity (Wildman–Crippen MR) is 114 cm³/mol. The molecular weight excluding hydrogens is 382 g/mol. The second-order valence-electron chi connectivity index (χ2n) is 6.99. The molecule has 27 heavy (non-hydrogen) atoms. The van der Waals surface area contributed by atoms with Crippen LogP contribution in [-0.2, 0) is 4.79 Å². The van der Waals surface area contributed by atoms with E-state index in [0.29, 0.717) is 23.2 Å². The van der Waals surface area contributed by atoms with Crippen LogP contribution in [0, 0.1) is 5.92 Å². The maximum Gasteiger partial charge on any atom is 0.269 e. The monoisotopic (exact) mass is 413 g/mol. The highest BCUT2D eigenvalue weighted by Crippen LogP contribution is 2.21. The van der Waals surface area contributed by atoms with Crippen LogP contribution in [-0.4, -0.2) is 45.8 Å². The lowest BCUT2D eigenvalue weighted by Gasteiger charge is -2.19. The van der Waals surface area contributed by atoms with Crippen LogP contribution >= 0.6 is 23.5 Å². The van der Waals surface area contributed by atoms with Crippen LogP contribution in [0.4, 0.5) is 0 Å². The smallest absolute Gasteiger partial charge is 0.269 e. The number of aliphatic hydroxyl groups excluding tert-OH is 1. The molecular formula is C19H31N3O3S2. The highest BCUT2D eigenvalue weighted by Gasteiger charge is 2.23. The van der Waals surface area contributed by atoms with Gasteiger partial charge in [-0.05, 0) is 41.5 Å². The van der Waals surface area contributed by atoms with Gasteiger partial charge < -0.3 is 10.8 Å². The quantitative estimate of drug-likeness (QED) is 0.347. The van der Waals surface area contributed by atoms with Gasteiger partial charge in [0, 0.05) is 22.3 Å². The van der Waals surface area contributed by atoms with E-state index in [1.54, 1.807) is 41.7 Å². The van der Waals surface area contributed by atoms with Crippen LogP contribution in [0.25, 0.3) is 0 Å². The number of rotatable bonds is 10. The first kappa shape index (κ1) is 23.8. The first-order chi connectivity index (χ1) is 12.7. The van der Waals surface area contributed by atoms with Crippen LogP contribution < -0.4 is 16.6 Å². The number of thioether (sulfide) groups is 2. The van der Waals surface area contributed by atoms with Crippen LogP contribution in [0.2, 0.25) is 0 Å². The molecule has 0 saturated heterocycles. The predicted octanol–water partition coefficient (Wildman–Crippen LogP) is 2.42. The molecule has 0 aliphatic rings. The molecule has 5 N–H and O–H groups in total. The second-order valence-corrected chi connectivity index (χ2v) is 9.77. The van der Waals surface area contributed by atoms with Gasteiger partial charge in [-0.25, -0.2) is 0 Å². The largest absolute Gasteiger partial charge is 0.382 e. The molecule has 1 aromatic rings. The van der Waals surface area contributed by atoms with Gasteiger partial charge in [0.15, 0.2) is 0 Å². The summed E-state index contributed by atoms with van der Waals surface area (Å²) in [4.78, 5) is 25.2. The van der Waals surface area contributed by atoms with Gasteiger partial charge in [0.2, 0.25) is 0 Å². The Morgan fingerprint density at radius 2 is 1.89 bits per heavy atom. The highest BCUT2D eigenvalue weighted by atomic mass is 32.2. The topological polar surface area (TPSA) is 104 Å². The zero-order chi connectivity index (χ0) is 20.4. The number of nitrogens with two attached hydrogens (primary N) is 1. The van der Waals surface area contributed by atoms with Crippen LogP contribution in [0.15, 0.2) is 29.2 Å². The van der Waals surface area contributed by atoms with E-state index in [0.717, 1.165) is 16.4 Å². The van der Waals surface area contributed by atoms with Crippen molar-refractivity contribution >= 4 is 35.3 Å². The number of hydrazine groups is 1. The van der Waals surface area contributed by atoms with Gasteiger partial charge in [-0.15, -0.1) is 11.8 Å². The number of carbonyl (C=O) groups excluding carboxylic acids is 2. The Labute approximate surface area is 170 Å². The Bertz CT molecular complexity index is 612. The van der Waals surface area contributed by atoms with Crippen molar-refractivity contribution in [1.29, 1.82) is 0 Å². The summed E-state index contributed by atoms with van der Waals surface area (Å²) in [6.07, 6.45) is -0.855. The molecule has 1 unspecified atom stereocenters. The first-order valence-electron chi connectivity index (χ1n) is 9.09. The summed E-state index contributed by atoms with van der Waals surface area (Å²) < 4.78 is 0. The van der Waals surface area contributed by atoms with Crippen molar-refractivity contribution in [3.8, 4) is 0 Å². The van der Waals surface area contributed by atoms with Crippen molar-refractivity contribution < 1.29 is 14.7 Å². The molecule has 0 saturated carbocycles. The third-order valence-electron chi connectivity index (χ3n) is 3.56. The molecule has 0 heterocycles. The Balaban J connectivity index is 2.48. The summed E-state index contributed by atoms with van der Waals surface area (Å²) >= 11 is 3.39. The molecule has 0 aliphatic heterocycles. The van der Waals surface area contributed by atoms with Crippen molar-refractivity contribution in [3.05, 3.63) is 29.8 Å². The average molecular weight is 414 g/mol. The van der Waals surface area contributed by atoms with E-state index < -0.39 is 24.0 Å². The van der Waals surface area contributed by atoms with Gasteiger partial charge in [0.05, 0.1) is 0 Å². The van der Waals surface area contributed by atoms with Crippen molar-refractivity contribution in [3.63, 3.8) is 0 Å². The highest BCUT2D eigenvalue weighted by molar-refractivity contribution is 7.99. The molecule has 0 aliphatic carbocycles. The van der Waals surface area contributed by atoms with Gasteiger partial charge in [0.25, 0.3) is 11.8 Å². The first-order valence-corrected chi connectivity index (χ1v) is 11.1. The average Bonchev–Trinajstić information content (AvgIpc) is 2.63. The van der Waals surface area contributed by atoms with E-state index in [-0.39, 0.29) is 0 Å². The van der Waals surface area contributed by atoms with Crippen molar-refractivity contribution in [2.75, 3.05) is 11.5 Å². The van der Waals surface area contributed by atoms with Gasteiger partial charge in [-0.1, -0.05) is 33.8 Å². The van der Waals surface area contributed by atoms with Gasteiger partial charge >= 0.3 is 0 Å². The third-order valence-corrected chi connectivity index (χ3v) is 6.11. The Morgan fingerprint density at radius 3 is 2.52 bits per heavy atom. The molecule has 0 aromatic heterocycles. The lowest BCUT2D eigenvalue weighted by atomic mass is 10.1. The fourth-order valence-corrected chi connectivity index (χ4v) is 3.84. The van der Waals surface area contributed by atoms with Crippen LogP contribution in [0.5, 0.6) is 0 Å². The fourth-order valence-electron chi connectivity index (χ4n) is 2.05. The summed E-state index contributed by atoms with van der Waals surface area (Å²) in [5, 5.41) is 10.5. The Hall–Kier alpha value is -1.22. The molecule has 0 bridgehead atoms. The van der Waals surface area contributed by atoms with Gasteiger partial charge in [-0.2, -0.15) is 11.8 Å². The number of hydrogen-bond donors (Lipinski definition) is 4. The fraction of sp³-hybridized carbons (Fsp3) is 0.579. The number of hydrogen-bond acceptors (Lipinski definition) is 6. The molecule has 6 nitrogen and oxygen atoms in total. The summed E-state index contributed by atoms with van der Waals surface area (Å²) in [7, 11) is 0. The SMILES string of the molecule is CC(C)CSc1cccc(C(=O)NNC(=O)C(O)[C@H](N)CCSC(C)C)c1. The van der Waals surface area contributed by atoms with Crippen LogP contribution in [0.1, 0.15) is 44.5 Å². The van der Waals surface area contributed by atoms with E-state index >= 15 is 0 Å². The molecule has 8 heteroatoms. The van der Waals surface area contributed by atoms with Crippen LogP contribution in [0.3, 0.4) is 0 Å². The van der Waals surface area contributed by atoms with Crippen molar-refractivity contribution in [2.24, 2.45) is 11.7 Å². The summed E-state index contributed by atoms with van der Waals surface area (Å²) in [6, 6.07) is 6.52. The lowest BCUT2D eigenvalue weighted by molar-refractivity contribution is -0.131. The number of carbonyl (C=O) groups is 2. The Morgan fingerprint density at radius 1 is 1.19 bits per heavy atom. The molecule has 0 spiro atoms. The van der Waals surface area contributed by atoms with E-state index in [1.807, 2.05) is 6.07 Å². The van der Waals surface area contributed by atoms with Crippen molar-refractivity contribution in [2.45, 2.75) is 56.4 Å². The summed E-state index contributed by atoms with van der Waals surface area (Å²) in [5.74, 6) is 1.12. The van der Waals surface area contributed by atoms with E-state index in [9.17, 15) is 14.7 Å². The summed E-state index contributed by atoms with van der Waals surface area (Å²) in [6.45, 7) is 8.42. The molecule has 2 amide bonds. The minimum Gasteiger partial charge on any atom is -0.382 e. The number of benzene rings is 1. The maximum atomic E-state index is 12.2. The van der Waals surface area contributed by atoms with Gasteiger partial charge in [-0.3, -0.25) is 20.4 Å². The minimum absolute atomic E-state index is 0.438. The van der Waals surface area contributed by atoms with E-state index in [2.05, 4.69) is 38.5 Å². The Kier molecular flexibility index (Phi) is 10.8. The maximum absolute atomic E-state index is 12.2. The zero-order valence-corrected chi connectivity index (χ0v) is 18.0. The molecule has 1 aromatic carbocycles. The number of amides is 2. The standard InChI is InChI=1S/C19H31N3O3S2/c1-12(2)11-27-15-7-5-6-14(10-15)18(24)21-22-19(25)17(23)16(20)8-9-26-13(3)4/h5-7,10,12-13,16-17,23H,8-9,11,20H2,1-4H3,(H,21,24)(H,22,25)/t16-,17?/m1/s1. The molecule has 0 radical (unpaired) electrons.